The summed E-state index contributed by atoms with van der Waals surface area (Å²) in [6.07, 6.45) is 11.1. The van der Waals surface area contributed by atoms with Crippen molar-refractivity contribution in [2.75, 3.05) is 0 Å². The third-order valence-electron chi connectivity index (χ3n) is 5.87. The smallest absolute Gasteiger partial charge is 0.231 e. The molecule has 1 aliphatic heterocycles. The first-order valence-corrected chi connectivity index (χ1v) is 9.71. The third kappa shape index (κ3) is 3.70. The molecule has 0 spiro atoms. The van der Waals surface area contributed by atoms with Crippen LogP contribution >= 0.6 is 0 Å². The second kappa shape index (κ2) is 7.87. The van der Waals surface area contributed by atoms with E-state index >= 15 is 0 Å². The number of benzene rings is 1. The van der Waals surface area contributed by atoms with E-state index in [1.165, 1.54) is 0 Å². The fourth-order valence-electron chi connectivity index (χ4n) is 4.63. The van der Waals surface area contributed by atoms with Gasteiger partial charge in [-0.2, -0.15) is 0 Å². The maximum atomic E-state index is 13.1. The molecule has 1 amide bonds. The number of pyridine rings is 1. The molecule has 2 heterocycles. The molecule has 2 fully saturated rings. The van der Waals surface area contributed by atoms with Gasteiger partial charge in [-0.25, -0.2) is 0 Å². The van der Waals surface area contributed by atoms with Crippen molar-refractivity contribution in [2.24, 2.45) is 11.8 Å². The highest BCUT2D eigenvalue weighted by Gasteiger charge is 2.47. The summed E-state index contributed by atoms with van der Waals surface area (Å²) in [5.74, 6) is -0.669. The largest absolute Gasteiger partial charge is 0.352 e. The number of aromatic nitrogens is 1. The van der Waals surface area contributed by atoms with Crippen molar-refractivity contribution < 1.29 is 9.59 Å². The monoisotopic (exact) mass is 360 g/mol. The molecule has 1 saturated carbocycles. The highest BCUT2D eigenvalue weighted by atomic mass is 16.2. The number of nitrogens with one attached hydrogen (secondary N) is 1. The lowest BCUT2D eigenvalue weighted by atomic mass is 9.64. The molecule has 2 aromatic rings. The van der Waals surface area contributed by atoms with Crippen LogP contribution in [-0.4, -0.2) is 22.7 Å². The van der Waals surface area contributed by atoms with Gasteiger partial charge < -0.3 is 5.32 Å². The van der Waals surface area contributed by atoms with Gasteiger partial charge in [0.05, 0.1) is 0 Å². The van der Waals surface area contributed by atoms with Crippen LogP contribution < -0.4 is 5.32 Å². The number of ketones is 1. The van der Waals surface area contributed by atoms with Crippen LogP contribution in [0.1, 0.15) is 42.7 Å². The fraction of sp³-hybridized carbons (Fsp3) is 0.348. The lowest BCUT2D eigenvalue weighted by Gasteiger charge is -2.45. The van der Waals surface area contributed by atoms with Gasteiger partial charge in [-0.1, -0.05) is 49.2 Å². The van der Waals surface area contributed by atoms with Crippen molar-refractivity contribution in [3.8, 4) is 0 Å². The van der Waals surface area contributed by atoms with Crippen LogP contribution in [0, 0.1) is 11.8 Å². The Morgan fingerprint density at radius 1 is 1.07 bits per heavy atom. The molecule has 4 atom stereocenters. The number of amides is 1. The average molecular weight is 360 g/mol. The molecule has 138 valence electrons. The van der Waals surface area contributed by atoms with E-state index < -0.39 is 5.92 Å². The Bertz CT molecular complexity index is 832. The van der Waals surface area contributed by atoms with Gasteiger partial charge in [-0.15, -0.1) is 0 Å². The second-order valence-corrected chi connectivity index (χ2v) is 7.50. The third-order valence-corrected chi connectivity index (χ3v) is 5.87. The van der Waals surface area contributed by atoms with Crippen molar-refractivity contribution in [2.45, 2.75) is 37.6 Å². The molecule has 4 rings (SSSR count). The van der Waals surface area contributed by atoms with E-state index in [2.05, 4.69) is 22.4 Å². The summed E-state index contributed by atoms with van der Waals surface area (Å²) in [6.45, 7) is 0. The van der Waals surface area contributed by atoms with E-state index in [0.717, 1.165) is 36.8 Å². The van der Waals surface area contributed by atoms with Crippen molar-refractivity contribution in [1.29, 1.82) is 0 Å². The molecule has 27 heavy (non-hydrogen) atoms. The fourth-order valence-corrected chi connectivity index (χ4v) is 4.63. The van der Waals surface area contributed by atoms with E-state index in [4.69, 9.17) is 0 Å². The highest BCUT2D eigenvalue weighted by molar-refractivity contribution is 6.09. The first kappa shape index (κ1) is 17.7. The topological polar surface area (TPSA) is 59.1 Å². The van der Waals surface area contributed by atoms with Crippen LogP contribution in [0.15, 0.2) is 60.9 Å². The number of rotatable bonds is 4. The minimum absolute atomic E-state index is 0.0590. The van der Waals surface area contributed by atoms with E-state index in [1.807, 2.05) is 30.3 Å². The number of hydrogen-bond donors (Lipinski definition) is 1. The van der Waals surface area contributed by atoms with Gasteiger partial charge in [0.25, 0.3) is 0 Å². The van der Waals surface area contributed by atoms with Crippen molar-refractivity contribution >= 4 is 17.8 Å². The van der Waals surface area contributed by atoms with Crippen molar-refractivity contribution in [1.82, 2.24) is 10.3 Å². The van der Waals surface area contributed by atoms with E-state index in [9.17, 15) is 9.59 Å². The molecular weight excluding hydrogens is 336 g/mol. The molecule has 1 saturated heterocycles. The standard InChI is InChI=1S/C23H24N2O2/c26-20(13-12-16-7-6-14-24-15-16)22-21(17-8-2-1-3-9-17)18-10-4-5-11-19(18)25-23(22)27/h1-3,6-9,12-15,18-19,21-22H,4-5,10-11H2,(H,25,27)/b13-12+. The summed E-state index contributed by atoms with van der Waals surface area (Å²) >= 11 is 0. The molecule has 0 bridgehead atoms. The zero-order chi connectivity index (χ0) is 18.6. The van der Waals surface area contributed by atoms with Gasteiger partial charge in [0.15, 0.2) is 5.78 Å². The number of allylic oxidation sites excluding steroid dienone is 1. The molecule has 2 aliphatic rings. The molecule has 1 N–H and O–H groups in total. The summed E-state index contributed by atoms with van der Waals surface area (Å²) in [6, 6.07) is 14.0. The molecular formula is C23H24N2O2. The number of nitrogens with zero attached hydrogens (tertiary/aromatic N) is 1. The van der Waals surface area contributed by atoms with Crippen LogP contribution in [0.3, 0.4) is 0 Å². The van der Waals surface area contributed by atoms with Crippen LogP contribution in [0.25, 0.3) is 6.08 Å². The van der Waals surface area contributed by atoms with Crippen LogP contribution in [0.5, 0.6) is 0 Å². The first-order valence-electron chi connectivity index (χ1n) is 9.71. The Morgan fingerprint density at radius 2 is 1.89 bits per heavy atom. The Kier molecular flexibility index (Phi) is 5.14. The molecule has 1 aromatic heterocycles. The highest BCUT2D eigenvalue weighted by Crippen LogP contribution is 2.44. The normalized spacial score (nSPS) is 27.8. The number of piperidine rings is 1. The average Bonchev–Trinajstić information content (AvgIpc) is 2.72. The number of carbonyl (C=O) groups excluding carboxylic acids is 2. The first-order chi connectivity index (χ1) is 13.2. The predicted molar refractivity (Wildman–Crippen MR) is 105 cm³/mol. The van der Waals surface area contributed by atoms with E-state index in [0.29, 0.717) is 5.92 Å². The van der Waals surface area contributed by atoms with Gasteiger partial charge in [0.2, 0.25) is 5.91 Å². The summed E-state index contributed by atoms with van der Waals surface area (Å²) in [7, 11) is 0. The molecule has 4 heteroatoms. The summed E-state index contributed by atoms with van der Waals surface area (Å²) in [5, 5.41) is 3.14. The molecule has 1 aromatic carbocycles. The lowest BCUT2D eigenvalue weighted by molar-refractivity contribution is -0.137. The van der Waals surface area contributed by atoms with Crippen molar-refractivity contribution in [3.05, 3.63) is 72.1 Å². The molecule has 4 unspecified atom stereocenters. The van der Waals surface area contributed by atoms with Crippen molar-refractivity contribution in [3.63, 3.8) is 0 Å². The zero-order valence-corrected chi connectivity index (χ0v) is 15.3. The summed E-state index contributed by atoms with van der Waals surface area (Å²) < 4.78 is 0. The van der Waals surface area contributed by atoms with Crippen LogP contribution in [0.2, 0.25) is 0 Å². The van der Waals surface area contributed by atoms with Gasteiger partial charge in [0, 0.05) is 24.4 Å². The van der Waals surface area contributed by atoms with Gasteiger partial charge in [-0.3, -0.25) is 14.6 Å². The maximum absolute atomic E-state index is 13.1. The van der Waals surface area contributed by atoms with E-state index in [-0.39, 0.29) is 23.7 Å². The molecule has 4 nitrogen and oxygen atoms in total. The Balaban J connectivity index is 1.66. The van der Waals surface area contributed by atoms with Crippen LogP contribution in [-0.2, 0) is 9.59 Å². The maximum Gasteiger partial charge on any atom is 0.231 e. The second-order valence-electron chi connectivity index (χ2n) is 7.50. The molecule has 0 radical (unpaired) electrons. The quantitative estimate of drug-likeness (QED) is 0.667. The zero-order valence-electron chi connectivity index (χ0n) is 15.3. The minimum atomic E-state index is -0.667. The number of fused-ring (bicyclic) bond motifs is 1. The Morgan fingerprint density at radius 3 is 2.67 bits per heavy atom. The Labute approximate surface area is 159 Å². The predicted octanol–water partition coefficient (Wildman–Crippen LogP) is 3.75. The summed E-state index contributed by atoms with van der Waals surface area (Å²) in [4.78, 5) is 30.0. The SMILES string of the molecule is O=C(/C=C/c1cccnc1)C1C(=O)NC2CCCCC2C1c1ccccc1. The number of hydrogen-bond acceptors (Lipinski definition) is 3. The van der Waals surface area contributed by atoms with Gasteiger partial charge in [0.1, 0.15) is 5.92 Å². The molecule has 1 aliphatic carbocycles. The van der Waals surface area contributed by atoms with Gasteiger partial charge >= 0.3 is 0 Å². The lowest BCUT2D eigenvalue weighted by Crippen LogP contribution is -2.56. The number of carbonyl (C=O) groups is 2. The van der Waals surface area contributed by atoms with E-state index in [1.54, 1.807) is 24.5 Å². The minimum Gasteiger partial charge on any atom is -0.352 e. The van der Waals surface area contributed by atoms with Crippen LogP contribution in [0.4, 0.5) is 0 Å². The summed E-state index contributed by atoms with van der Waals surface area (Å²) in [5.41, 5.74) is 1.95. The Hall–Kier alpha value is -2.75. The van der Waals surface area contributed by atoms with Gasteiger partial charge in [-0.05, 0) is 48.1 Å².